The third-order valence-corrected chi connectivity index (χ3v) is 4.60. The Bertz CT molecular complexity index is 930. The van der Waals surface area contributed by atoms with Gasteiger partial charge in [-0.05, 0) is 24.6 Å². The van der Waals surface area contributed by atoms with E-state index in [1.165, 1.54) is 0 Å². The van der Waals surface area contributed by atoms with E-state index in [1.54, 1.807) is 22.9 Å². The van der Waals surface area contributed by atoms with Crippen molar-refractivity contribution < 1.29 is 9.53 Å². The maximum absolute atomic E-state index is 12.7. The number of carbonyl (C=O) groups is 1. The molecule has 0 atom stereocenters. The highest BCUT2D eigenvalue weighted by Crippen LogP contribution is 2.16. The summed E-state index contributed by atoms with van der Waals surface area (Å²) in [5.41, 5.74) is 4.02. The van der Waals surface area contributed by atoms with Crippen LogP contribution >= 0.6 is 0 Å². The van der Waals surface area contributed by atoms with Crippen LogP contribution in [-0.2, 0) is 31.9 Å². The molecule has 1 aromatic carbocycles. The Labute approximate surface area is 158 Å². The molecule has 2 amide bonds. The number of aromatic nitrogens is 4. The molecule has 0 radical (unpaired) electrons. The average Bonchev–Trinajstić information content (AvgIpc) is 3.19. The number of ether oxygens (including phenoxy) is 1. The standard InChI is InChI=1S/C19H26N6O2/c1-14-22-17-9-15(5-6-18(17)24(14)3)10-20-19(26)25(7-8-27-4)13-16-11-21-23(2)12-16/h5-6,9,11-12H,7-8,10,13H2,1-4H3,(H,20,26). The minimum Gasteiger partial charge on any atom is -0.383 e. The van der Waals surface area contributed by atoms with E-state index in [0.717, 1.165) is 28.0 Å². The molecule has 27 heavy (non-hydrogen) atoms. The van der Waals surface area contributed by atoms with Crippen LogP contribution in [0.3, 0.4) is 0 Å². The number of hydrogen-bond donors (Lipinski definition) is 1. The molecule has 144 valence electrons. The first-order valence-corrected chi connectivity index (χ1v) is 8.89. The highest BCUT2D eigenvalue weighted by atomic mass is 16.5. The third kappa shape index (κ3) is 4.46. The lowest BCUT2D eigenvalue weighted by Crippen LogP contribution is -2.40. The molecule has 0 bridgehead atoms. The van der Waals surface area contributed by atoms with Crippen LogP contribution in [0, 0.1) is 6.92 Å². The van der Waals surface area contributed by atoms with Gasteiger partial charge in [0.2, 0.25) is 0 Å². The first-order valence-electron chi connectivity index (χ1n) is 8.89. The van der Waals surface area contributed by atoms with Crippen LogP contribution in [0.25, 0.3) is 11.0 Å². The van der Waals surface area contributed by atoms with Crippen LogP contribution in [0.15, 0.2) is 30.6 Å². The maximum Gasteiger partial charge on any atom is 0.318 e. The Morgan fingerprint density at radius 3 is 2.81 bits per heavy atom. The molecular formula is C19H26N6O2. The van der Waals surface area contributed by atoms with Gasteiger partial charge in [0.1, 0.15) is 5.82 Å². The minimum atomic E-state index is -0.131. The number of aryl methyl sites for hydroxylation is 3. The zero-order chi connectivity index (χ0) is 19.4. The molecule has 2 heterocycles. The van der Waals surface area contributed by atoms with E-state index in [-0.39, 0.29) is 6.03 Å². The summed E-state index contributed by atoms with van der Waals surface area (Å²) in [4.78, 5) is 18.9. The van der Waals surface area contributed by atoms with E-state index < -0.39 is 0 Å². The molecular weight excluding hydrogens is 344 g/mol. The number of nitrogens with one attached hydrogen (secondary N) is 1. The van der Waals surface area contributed by atoms with Crippen LogP contribution in [0.1, 0.15) is 17.0 Å². The summed E-state index contributed by atoms with van der Waals surface area (Å²) >= 11 is 0. The SMILES string of the molecule is COCCN(Cc1cnn(C)c1)C(=O)NCc1ccc2c(c1)nc(C)n2C. The molecule has 0 spiro atoms. The first kappa shape index (κ1) is 18.9. The number of amides is 2. The summed E-state index contributed by atoms with van der Waals surface area (Å²) < 4.78 is 8.92. The molecule has 0 unspecified atom stereocenters. The van der Waals surface area contributed by atoms with Crippen LogP contribution in [0.2, 0.25) is 0 Å². The Morgan fingerprint density at radius 1 is 1.30 bits per heavy atom. The lowest BCUT2D eigenvalue weighted by Gasteiger charge is -2.22. The molecule has 0 saturated carbocycles. The predicted octanol–water partition coefficient (Wildman–Crippen LogP) is 1.97. The number of methoxy groups -OCH3 is 1. The summed E-state index contributed by atoms with van der Waals surface area (Å²) in [5, 5.41) is 7.15. The summed E-state index contributed by atoms with van der Waals surface area (Å²) in [7, 11) is 5.49. The Hall–Kier alpha value is -2.87. The van der Waals surface area contributed by atoms with Gasteiger partial charge in [-0.25, -0.2) is 9.78 Å². The van der Waals surface area contributed by atoms with Crippen LogP contribution in [0.5, 0.6) is 0 Å². The first-order chi connectivity index (χ1) is 13.0. The molecule has 2 aromatic heterocycles. The fourth-order valence-electron chi connectivity index (χ4n) is 2.99. The van der Waals surface area contributed by atoms with Crippen molar-refractivity contribution in [2.45, 2.75) is 20.0 Å². The molecule has 8 nitrogen and oxygen atoms in total. The average molecular weight is 370 g/mol. The number of hydrogen-bond acceptors (Lipinski definition) is 4. The summed E-state index contributed by atoms with van der Waals surface area (Å²) in [6, 6.07) is 5.94. The Morgan fingerprint density at radius 2 is 2.11 bits per heavy atom. The topological polar surface area (TPSA) is 77.2 Å². The van der Waals surface area contributed by atoms with E-state index in [4.69, 9.17) is 4.74 Å². The van der Waals surface area contributed by atoms with Crippen molar-refractivity contribution in [3.05, 3.63) is 47.5 Å². The van der Waals surface area contributed by atoms with Gasteiger partial charge in [-0.3, -0.25) is 4.68 Å². The number of nitrogens with zero attached hydrogens (tertiary/aromatic N) is 5. The van der Waals surface area contributed by atoms with Gasteiger partial charge in [0, 0.05) is 46.1 Å². The third-order valence-electron chi connectivity index (χ3n) is 4.60. The van der Waals surface area contributed by atoms with Gasteiger partial charge in [0.05, 0.1) is 30.4 Å². The zero-order valence-electron chi connectivity index (χ0n) is 16.3. The Kier molecular flexibility index (Phi) is 5.75. The lowest BCUT2D eigenvalue weighted by molar-refractivity contribution is 0.146. The van der Waals surface area contributed by atoms with E-state index >= 15 is 0 Å². The molecule has 0 aliphatic heterocycles. The van der Waals surface area contributed by atoms with Crippen molar-refractivity contribution in [3.63, 3.8) is 0 Å². The second-order valence-corrected chi connectivity index (χ2v) is 6.64. The smallest absolute Gasteiger partial charge is 0.318 e. The molecule has 3 aromatic rings. The predicted molar refractivity (Wildman–Crippen MR) is 103 cm³/mol. The fraction of sp³-hybridized carbons (Fsp3) is 0.421. The zero-order valence-corrected chi connectivity index (χ0v) is 16.3. The van der Waals surface area contributed by atoms with Gasteiger partial charge in [-0.2, -0.15) is 5.10 Å². The summed E-state index contributed by atoms with van der Waals surface area (Å²) in [5.74, 6) is 0.966. The quantitative estimate of drug-likeness (QED) is 0.690. The number of benzene rings is 1. The van der Waals surface area contributed by atoms with Gasteiger partial charge in [-0.1, -0.05) is 6.07 Å². The number of urea groups is 1. The molecule has 0 aliphatic rings. The molecule has 3 rings (SSSR count). The maximum atomic E-state index is 12.7. The molecule has 8 heteroatoms. The van der Waals surface area contributed by atoms with Crippen molar-refractivity contribution in [2.24, 2.45) is 14.1 Å². The van der Waals surface area contributed by atoms with E-state index in [2.05, 4.69) is 20.0 Å². The monoisotopic (exact) mass is 370 g/mol. The van der Waals surface area contributed by atoms with Crippen LogP contribution in [-0.4, -0.2) is 50.5 Å². The second kappa shape index (κ2) is 8.22. The minimum absolute atomic E-state index is 0.131. The van der Waals surface area contributed by atoms with Gasteiger partial charge in [0.25, 0.3) is 0 Å². The largest absolute Gasteiger partial charge is 0.383 e. The normalized spacial score (nSPS) is 11.1. The second-order valence-electron chi connectivity index (χ2n) is 6.64. The number of rotatable bonds is 7. The highest BCUT2D eigenvalue weighted by Gasteiger charge is 2.15. The van der Waals surface area contributed by atoms with E-state index in [1.807, 2.05) is 45.4 Å². The van der Waals surface area contributed by atoms with E-state index in [0.29, 0.717) is 26.2 Å². The van der Waals surface area contributed by atoms with Crippen LogP contribution in [0.4, 0.5) is 4.79 Å². The van der Waals surface area contributed by atoms with Crippen molar-refractivity contribution in [1.29, 1.82) is 0 Å². The molecule has 1 N–H and O–H groups in total. The molecule has 0 fully saturated rings. The number of fused-ring (bicyclic) bond motifs is 1. The van der Waals surface area contributed by atoms with E-state index in [9.17, 15) is 4.79 Å². The lowest BCUT2D eigenvalue weighted by atomic mass is 10.2. The van der Waals surface area contributed by atoms with Gasteiger partial charge in [-0.15, -0.1) is 0 Å². The van der Waals surface area contributed by atoms with Crippen molar-refractivity contribution in [1.82, 2.24) is 29.5 Å². The van der Waals surface area contributed by atoms with Gasteiger partial charge < -0.3 is 19.5 Å². The van der Waals surface area contributed by atoms with Crippen molar-refractivity contribution >= 4 is 17.1 Å². The fourth-order valence-corrected chi connectivity index (χ4v) is 2.99. The van der Waals surface area contributed by atoms with Crippen molar-refractivity contribution in [3.8, 4) is 0 Å². The van der Waals surface area contributed by atoms with Gasteiger partial charge >= 0.3 is 6.03 Å². The van der Waals surface area contributed by atoms with Gasteiger partial charge in [0.15, 0.2) is 0 Å². The highest BCUT2D eigenvalue weighted by molar-refractivity contribution is 5.77. The number of imidazole rings is 1. The number of carbonyl (C=O) groups excluding carboxylic acids is 1. The molecule has 0 saturated heterocycles. The van der Waals surface area contributed by atoms with Crippen LogP contribution < -0.4 is 5.32 Å². The Balaban J connectivity index is 1.65. The summed E-state index contributed by atoms with van der Waals surface area (Å²) in [6.07, 6.45) is 3.68. The summed E-state index contributed by atoms with van der Waals surface area (Å²) in [6.45, 7) is 3.90. The molecule has 0 aliphatic carbocycles. The van der Waals surface area contributed by atoms with Crippen molar-refractivity contribution in [2.75, 3.05) is 20.3 Å².